The van der Waals surface area contributed by atoms with E-state index in [9.17, 15) is 9.59 Å². The lowest BCUT2D eigenvalue weighted by Gasteiger charge is -1.99. The molecule has 280 valence electrons. The molecular formula is C40H83N5O2. The lowest BCUT2D eigenvalue weighted by atomic mass is 10.1. The van der Waals surface area contributed by atoms with Crippen LogP contribution >= 0.6 is 0 Å². The largest absolute Gasteiger partial charge is 0.370 e. The highest BCUT2D eigenvalue weighted by molar-refractivity contribution is 5.73. The Bertz CT molecular complexity index is 601. The highest BCUT2D eigenvalue weighted by Gasteiger charge is 1.95. The monoisotopic (exact) mass is 666 g/mol. The summed E-state index contributed by atoms with van der Waals surface area (Å²) in [6.45, 7) is 7.66. The number of rotatable bonds is 34. The quantitative estimate of drug-likeness (QED) is 0.0343. The Morgan fingerprint density at radius 1 is 0.426 bits per heavy atom. The predicted octanol–water partition coefficient (Wildman–Crippen LogP) is 9.51. The summed E-state index contributed by atoms with van der Waals surface area (Å²) in [6, 6.07) is 0. The summed E-state index contributed by atoms with van der Waals surface area (Å²) in [4.78, 5) is 21.1. The first-order valence-corrected chi connectivity index (χ1v) is 19.9. The second-order valence-corrected chi connectivity index (χ2v) is 12.9. The smallest absolute Gasteiger partial charge is 0.217 e. The van der Waals surface area contributed by atoms with Crippen LogP contribution in [-0.4, -0.2) is 38.0 Å². The van der Waals surface area contributed by atoms with Gasteiger partial charge in [-0.1, -0.05) is 141 Å². The fourth-order valence-electron chi connectivity index (χ4n) is 5.07. The second-order valence-electron chi connectivity index (χ2n) is 12.9. The van der Waals surface area contributed by atoms with Gasteiger partial charge in [0.25, 0.3) is 0 Å². The van der Waals surface area contributed by atoms with Gasteiger partial charge in [-0.2, -0.15) is 0 Å². The van der Waals surface area contributed by atoms with Crippen molar-refractivity contribution in [3.05, 3.63) is 24.3 Å². The van der Waals surface area contributed by atoms with Crippen LogP contribution in [0, 0.1) is 0 Å². The molecule has 0 heterocycles. The average molecular weight is 666 g/mol. The summed E-state index contributed by atoms with van der Waals surface area (Å²) in [7, 11) is 0. The van der Waals surface area contributed by atoms with E-state index in [4.69, 9.17) is 22.9 Å². The molecule has 0 aliphatic heterocycles. The molecule has 0 saturated carbocycles. The SMILES string of the molecule is CCCCCCCC/C=C\CCCCCCCC(N)=O.CCCCCCCC/C=C\CCCCCCCC(N)=O.NCCNCCN. The summed E-state index contributed by atoms with van der Waals surface area (Å²) in [5.74, 6) is -0.328. The van der Waals surface area contributed by atoms with Gasteiger partial charge in [0.15, 0.2) is 0 Å². The normalized spacial score (nSPS) is 11.0. The molecule has 0 aromatic rings. The fourth-order valence-corrected chi connectivity index (χ4v) is 5.07. The molecule has 0 aromatic carbocycles. The predicted molar refractivity (Wildman–Crippen MR) is 208 cm³/mol. The van der Waals surface area contributed by atoms with Crippen LogP contribution in [-0.2, 0) is 9.59 Å². The van der Waals surface area contributed by atoms with Crippen LogP contribution in [0.15, 0.2) is 24.3 Å². The van der Waals surface area contributed by atoms with Crippen molar-refractivity contribution >= 4 is 11.8 Å². The van der Waals surface area contributed by atoms with Gasteiger partial charge in [0.1, 0.15) is 0 Å². The van der Waals surface area contributed by atoms with E-state index in [1.54, 1.807) is 0 Å². The number of nitrogens with two attached hydrogens (primary N) is 4. The number of carbonyl (C=O) groups excluding carboxylic acids is 2. The lowest BCUT2D eigenvalue weighted by Crippen LogP contribution is -2.27. The maximum atomic E-state index is 10.5. The van der Waals surface area contributed by atoms with Crippen LogP contribution in [0.1, 0.15) is 194 Å². The van der Waals surface area contributed by atoms with Crippen LogP contribution in [0.4, 0.5) is 0 Å². The highest BCUT2D eigenvalue weighted by Crippen LogP contribution is 2.11. The molecule has 0 aliphatic rings. The van der Waals surface area contributed by atoms with E-state index in [1.165, 1.54) is 141 Å². The molecule has 0 rings (SSSR count). The zero-order chi connectivity index (χ0) is 35.3. The molecule has 0 fully saturated rings. The zero-order valence-electron chi connectivity index (χ0n) is 31.6. The number of hydrogen-bond acceptors (Lipinski definition) is 5. The number of primary amides is 2. The van der Waals surface area contributed by atoms with Gasteiger partial charge in [0, 0.05) is 39.0 Å². The van der Waals surface area contributed by atoms with Crippen LogP contribution < -0.4 is 28.3 Å². The standard InChI is InChI=1S/2C18H35NO.C4H13N3/c2*1-2-3-4-5-6-7-8-9-10-11-12-13-14-15-16-17-18(19)20;5-1-3-7-4-2-6/h2*9-10H,2-8,11-17H2,1H3,(H2,19,20);7H,1-6H2/b2*10-9-;. The molecule has 7 nitrogen and oxygen atoms in total. The summed E-state index contributed by atoms with van der Waals surface area (Å²) in [6.07, 6.45) is 43.8. The van der Waals surface area contributed by atoms with Crippen molar-refractivity contribution in [1.29, 1.82) is 0 Å². The van der Waals surface area contributed by atoms with Crippen molar-refractivity contribution in [2.45, 2.75) is 194 Å². The van der Waals surface area contributed by atoms with Crippen molar-refractivity contribution in [2.75, 3.05) is 26.2 Å². The summed E-state index contributed by atoms with van der Waals surface area (Å²) < 4.78 is 0. The Morgan fingerprint density at radius 3 is 0.936 bits per heavy atom. The van der Waals surface area contributed by atoms with Crippen molar-refractivity contribution in [3.63, 3.8) is 0 Å². The summed E-state index contributed by atoms with van der Waals surface area (Å²) >= 11 is 0. The molecule has 0 radical (unpaired) electrons. The van der Waals surface area contributed by atoms with Gasteiger partial charge in [0.2, 0.25) is 11.8 Å². The summed E-state index contributed by atoms with van der Waals surface area (Å²) in [5.41, 5.74) is 20.5. The molecule has 47 heavy (non-hydrogen) atoms. The first kappa shape index (κ1) is 49.7. The van der Waals surface area contributed by atoms with Crippen LogP contribution in [0.3, 0.4) is 0 Å². The van der Waals surface area contributed by atoms with Crippen molar-refractivity contribution in [3.8, 4) is 0 Å². The minimum absolute atomic E-state index is 0.164. The Hall–Kier alpha value is -1.70. The molecule has 0 bridgehead atoms. The van der Waals surface area contributed by atoms with Crippen molar-refractivity contribution in [2.24, 2.45) is 22.9 Å². The first-order chi connectivity index (χ1) is 23.0. The molecule has 0 saturated heterocycles. The molecule has 9 N–H and O–H groups in total. The lowest BCUT2D eigenvalue weighted by molar-refractivity contribution is -0.119. The third-order valence-electron chi connectivity index (χ3n) is 8.01. The van der Waals surface area contributed by atoms with Crippen molar-refractivity contribution in [1.82, 2.24) is 5.32 Å². The van der Waals surface area contributed by atoms with Crippen molar-refractivity contribution < 1.29 is 9.59 Å². The highest BCUT2D eigenvalue weighted by atomic mass is 16.1. The number of hydrogen-bond donors (Lipinski definition) is 5. The first-order valence-electron chi connectivity index (χ1n) is 19.9. The van der Waals surface area contributed by atoms with E-state index < -0.39 is 0 Å². The Labute approximate surface area is 293 Å². The van der Waals surface area contributed by atoms with Gasteiger partial charge in [-0.3, -0.25) is 9.59 Å². The number of allylic oxidation sites excluding steroid dienone is 4. The van der Waals surface area contributed by atoms with Gasteiger partial charge >= 0.3 is 0 Å². The third-order valence-corrected chi connectivity index (χ3v) is 8.01. The topological polar surface area (TPSA) is 150 Å². The average Bonchev–Trinajstić information content (AvgIpc) is 3.05. The van der Waals surface area contributed by atoms with Crippen LogP contribution in [0.2, 0.25) is 0 Å². The van der Waals surface area contributed by atoms with Crippen LogP contribution in [0.5, 0.6) is 0 Å². The number of unbranched alkanes of at least 4 members (excludes halogenated alkanes) is 22. The molecule has 2 amide bonds. The van der Waals surface area contributed by atoms with Gasteiger partial charge in [0.05, 0.1) is 0 Å². The van der Waals surface area contributed by atoms with Gasteiger partial charge < -0.3 is 28.3 Å². The van der Waals surface area contributed by atoms with E-state index in [-0.39, 0.29) is 11.8 Å². The minimum atomic E-state index is -0.164. The van der Waals surface area contributed by atoms with E-state index in [1.807, 2.05) is 0 Å². The number of nitrogens with one attached hydrogen (secondary N) is 1. The Balaban J connectivity index is -0.000000685. The molecule has 0 spiro atoms. The molecule has 7 heteroatoms. The molecule has 0 aliphatic carbocycles. The third kappa shape index (κ3) is 60.2. The Morgan fingerprint density at radius 2 is 0.681 bits per heavy atom. The molecule has 0 atom stereocenters. The fraction of sp³-hybridized carbons (Fsp3) is 0.850. The molecule has 0 unspecified atom stereocenters. The maximum absolute atomic E-state index is 10.5. The van der Waals surface area contributed by atoms with E-state index in [2.05, 4.69) is 43.5 Å². The number of amides is 2. The zero-order valence-corrected chi connectivity index (χ0v) is 31.6. The minimum Gasteiger partial charge on any atom is -0.370 e. The van der Waals surface area contributed by atoms with E-state index in [0.717, 1.165) is 38.8 Å². The summed E-state index contributed by atoms with van der Waals surface area (Å²) in [5, 5.41) is 3.03. The maximum Gasteiger partial charge on any atom is 0.217 e. The second kappa shape index (κ2) is 48.7. The van der Waals surface area contributed by atoms with Crippen LogP contribution in [0.25, 0.3) is 0 Å². The van der Waals surface area contributed by atoms with E-state index >= 15 is 0 Å². The van der Waals surface area contributed by atoms with Gasteiger partial charge in [-0.25, -0.2) is 0 Å². The van der Waals surface area contributed by atoms with E-state index in [0.29, 0.717) is 25.9 Å². The number of carbonyl (C=O) groups is 2. The Kier molecular flexibility index (Phi) is 51.5. The molecule has 0 aromatic heterocycles. The van der Waals surface area contributed by atoms with Gasteiger partial charge in [-0.05, 0) is 64.2 Å². The van der Waals surface area contributed by atoms with Gasteiger partial charge in [-0.15, -0.1) is 0 Å². The molecular weight excluding hydrogens is 582 g/mol.